The van der Waals surface area contributed by atoms with Crippen LogP contribution in [0.15, 0.2) is 30.3 Å². The quantitative estimate of drug-likeness (QED) is 0.604. The molecule has 0 aliphatic heterocycles. The van der Waals surface area contributed by atoms with Gasteiger partial charge in [0.2, 0.25) is 0 Å². The fourth-order valence-corrected chi connectivity index (χ4v) is 1.01. The second-order valence-corrected chi connectivity index (χ2v) is 4.76. The van der Waals surface area contributed by atoms with Crippen LogP contribution in [0.5, 0.6) is 0 Å². The number of carbonyl (C=O) groups is 1. The summed E-state index contributed by atoms with van der Waals surface area (Å²) in [7, 11) is 0. The number of rotatable bonds is 3. The standard InChI is InChI=1S/C11H12Cl2O2/c1-11(2,10(12)13)15-9(14)8-6-4-3-5-7-8/h3-7,10H,1-2H3. The first-order chi connectivity index (χ1) is 6.93. The average Bonchev–Trinajstić information content (AvgIpc) is 2.18. The van der Waals surface area contributed by atoms with Crippen LogP contribution < -0.4 is 0 Å². The van der Waals surface area contributed by atoms with E-state index in [1.54, 1.807) is 38.1 Å². The zero-order valence-electron chi connectivity index (χ0n) is 8.54. The largest absolute Gasteiger partial charge is 0.453 e. The van der Waals surface area contributed by atoms with Crippen LogP contribution in [0.1, 0.15) is 24.2 Å². The third-order valence-electron chi connectivity index (χ3n) is 1.89. The van der Waals surface area contributed by atoms with Crippen LogP contribution in [0.25, 0.3) is 0 Å². The van der Waals surface area contributed by atoms with Crippen LogP contribution in [0, 0.1) is 0 Å². The summed E-state index contributed by atoms with van der Waals surface area (Å²) in [5.41, 5.74) is -0.407. The second-order valence-electron chi connectivity index (χ2n) is 3.66. The average molecular weight is 247 g/mol. The summed E-state index contributed by atoms with van der Waals surface area (Å²) in [4.78, 5) is 10.9. The molecule has 0 aliphatic carbocycles. The summed E-state index contributed by atoms with van der Waals surface area (Å²) in [6, 6.07) is 8.71. The summed E-state index contributed by atoms with van der Waals surface area (Å²) < 4.78 is 5.18. The van der Waals surface area contributed by atoms with Crippen LogP contribution in [-0.4, -0.2) is 16.4 Å². The minimum Gasteiger partial charge on any atom is -0.453 e. The predicted molar refractivity (Wildman–Crippen MR) is 61.4 cm³/mol. The first-order valence-electron chi connectivity index (χ1n) is 4.50. The molecular formula is C11H12Cl2O2. The molecule has 0 heterocycles. The zero-order valence-corrected chi connectivity index (χ0v) is 10.0. The molecule has 0 N–H and O–H groups in total. The van der Waals surface area contributed by atoms with E-state index >= 15 is 0 Å². The molecule has 0 spiro atoms. The Kier molecular flexibility index (Phi) is 4.00. The van der Waals surface area contributed by atoms with E-state index < -0.39 is 16.4 Å². The van der Waals surface area contributed by atoms with Crippen molar-refractivity contribution in [1.29, 1.82) is 0 Å². The fraction of sp³-hybridized carbons (Fsp3) is 0.364. The van der Waals surface area contributed by atoms with Crippen molar-refractivity contribution in [2.75, 3.05) is 0 Å². The minimum absolute atomic E-state index is 0.424. The van der Waals surface area contributed by atoms with Crippen molar-refractivity contribution in [3.8, 4) is 0 Å². The van der Waals surface area contributed by atoms with E-state index in [1.807, 2.05) is 6.07 Å². The molecule has 0 saturated heterocycles. The Balaban J connectivity index is 2.73. The number of carbonyl (C=O) groups excluding carboxylic acids is 1. The summed E-state index contributed by atoms with van der Waals surface area (Å²) in [5, 5.41) is 0. The van der Waals surface area contributed by atoms with Gasteiger partial charge in [-0.3, -0.25) is 0 Å². The van der Waals surface area contributed by atoms with Gasteiger partial charge in [-0.25, -0.2) is 4.79 Å². The Morgan fingerprint density at radius 2 is 1.80 bits per heavy atom. The van der Waals surface area contributed by atoms with Gasteiger partial charge in [-0.15, -0.1) is 23.2 Å². The van der Waals surface area contributed by atoms with E-state index in [0.717, 1.165) is 0 Å². The van der Waals surface area contributed by atoms with Crippen molar-refractivity contribution in [3.05, 3.63) is 35.9 Å². The van der Waals surface area contributed by atoms with Crippen molar-refractivity contribution < 1.29 is 9.53 Å². The Labute approximate surface area is 99.1 Å². The van der Waals surface area contributed by atoms with Crippen LogP contribution in [0.3, 0.4) is 0 Å². The van der Waals surface area contributed by atoms with E-state index in [2.05, 4.69) is 0 Å². The maximum Gasteiger partial charge on any atom is 0.338 e. The molecule has 1 rings (SSSR count). The number of alkyl halides is 2. The molecule has 0 aromatic heterocycles. The molecule has 0 bridgehead atoms. The first-order valence-corrected chi connectivity index (χ1v) is 5.37. The summed E-state index contributed by atoms with van der Waals surface area (Å²) >= 11 is 11.4. The van der Waals surface area contributed by atoms with Crippen molar-refractivity contribution in [3.63, 3.8) is 0 Å². The lowest BCUT2D eigenvalue weighted by Gasteiger charge is -2.26. The molecule has 0 radical (unpaired) electrons. The SMILES string of the molecule is CC(C)(OC(=O)c1ccccc1)C(Cl)Cl. The van der Waals surface area contributed by atoms with Gasteiger partial charge in [0.05, 0.1) is 5.56 Å². The number of hydrogen-bond donors (Lipinski definition) is 0. The van der Waals surface area contributed by atoms with Gasteiger partial charge in [0, 0.05) is 0 Å². The number of ether oxygens (including phenoxy) is 1. The molecule has 15 heavy (non-hydrogen) atoms. The van der Waals surface area contributed by atoms with Gasteiger partial charge in [-0.1, -0.05) is 18.2 Å². The summed E-state index contributed by atoms with van der Waals surface area (Å²) in [5.74, 6) is -0.424. The number of halogens is 2. The molecule has 2 nitrogen and oxygen atoms in total. The molecule has 0 atom stereocenters. The number of hydrogen-bond acceptors (Lipinski definition) is 2. The van der Waals surface area contributed by atoms with Gasteiger partial charge < -0.3 is 4.74 Å². The van der Waals surface area contributed by atoms with Gasteiger partial charge in [0.1, 0.15) is 10.4 Å². The highest BCUT2D eigenvalue weighted by molar-refractivity contribution is 6.45. The van der Waals surface area contributed by atoms with E-state index in [4.69, 9.17) is 27.9 Å². The highest BCUT2D eigenvalue weighted by Crippen LogP contribution is 2.24. The molecule has 4 heteroatoms. The third kappa shape index (κ3) is 3.40. The van der Waals surface area contributed by atoms with Gasteiger partial charge in [0.25, 0.3) is 0 Å². The van der Waals surface area contributed by atoms with E-state index in [0.29, 0.717) is 5.56 Å². The number of benzene rings is 1. The third-order valence-corrected chi connectivity index (χ3v) is 2.94. The van der Waals surface area contributed by atoms with Crippen LogP contribution in [0.4, 0.5) is 0 Å². The molecular weight excluding hydrogens is 235 g/mol. The predicted octanol–water partition coefficient (Wildman–Crippen LogP) is 3.43. The van der Waals surface area contributed by atoms with E-state index in [1.165, 1.54) is 0 Å². The van der Waals surface area contributed by atoms with Crippen LogP contribution in [-0.2, 0) is 4.74 Å². The molecule has 1 aromatic carbocycles. The van der Waals surface area contributed by atoms with Gasteiger partial charge >= 0.3 is 5.97 Å². The van der Waals surface area contributed by atoms with Crippen molar-refractivity contribution in [1.82, 2.24) is 0 Å². The van der Waals surface area contributed by atoms with Crippen molar-refractivity contribution >= 4 is 29.2 Å². The normalized spacial score (nSPS) is 11.5. The number of esters is 1. The maximum absolute atomic E-state index is 11.6. The van der Waals surface area contributed by atoms with Crippen LogP contribution in [0.2, 0.25) is 0 Å². The molecule has 0 amide bonds. The molecule has 0 aliphatic rings. The lowest BCUT2D eigenvalue weighted by molar-refractivity contribution is 0.00466. The Hall–Kier alpha value is -0.730. The molecule has 1 aromatic rings. The van der Waals surface area contributed by atoms with Gasteiger partial charge in [0.15, 0.2) is 0 Å². The second kappa shape index (κ2) is 4.86. The smallest absolute Gasteiger partial charge is 0.338 e. The molecule has 82 valence electrons. The highest BCUT2D eigenvalue weighted by Gasteiger charge is 2.30. The minimum atomic E-state index is -0.893. The summed E-state index contributed by atoms with van der Waals surface area (Å²) in [6.07, 6.45) is 0. The van der Waals surface area contributed by atoms with Gasteiger partial charge in [-0.05, 0) is 26.0 Å². The highest BCUT2D eigenvalue weighted by atomic mass is 35.5. The van der Waals surface area contributed by atoms with E-state index in [9.17, 15) is 4.79 Å². The van der Waals surface area contributed by atoms with Crippen molar-refractivity contribution in [2.24, 2.45) is 0 Å². The van der Waals surface area contributed by atoms with E-state index in [-0.39, 0.29) is 0 Å². The summed E-state index contributed by atoms with van der Waals surface area (Å²) in [6.45, 7) is 3.33. The Morgan fingerprint density at radius 3 is 2.27 bits per heavy atom. The Morgan fingerprint density at radius 1 is 1.27 bits per heavy atom. The molecule has 0 fully saturated rings. The van der Waals surface area contributed by atoms with Crippen molar-refractivity contribution in [2.45, 2.75) is 24.3 Å². The topological polar surface area (TPSA) is 26.3 Å². The van der Waals surface area contributed by atoms with Crippen LogP contribution >= 0.6 is 23.2 Å². The first kappa shape index (κ1) is 12.3. The fourth-order valence-electron chi connectivity index (χ4n) is 0.917. The monoisotopic (exact) mass is 246 g/mol. The molecule has 0 saturated carbocycles. The lowest BCUT2D eigenvalue weighted by atomic mass is 10.1. The lowest BCUT2D eigenvalue weighted by Crippen LogP contribution is -2.34. The van der Waals surface area contributed by atoms with Gasteiger partial charge in [-0.2, -0.15) is 0 Å². The maximum atomic E-state index is 11.6. The Bertz CT molecular complexity index is 334. The molecule has 0 unspecified atom stereocenters. The zero-order chi connectivity index (χ0) is 11.5.